The Balaban J connectivity index is 1.62. The van der Waals surface area contributed by atoms with Crippen LogP contribution in [0, 0.1) is 0 Å². The number of aromatic nitrogens is 2. The molecule has 2 unspecified atom stereocenters. The lowest BCUT2D eigenvalue weighted by Crippen LogP contribution is -2.44. The minimum atomic E-state index is 0.104. The van der Waals surface area contributed by atoms with Crippen molar-refractivity contribution < 1.29 is 9.53 Å². The van der Waals surface area contributed by atoms with Crippen LogP contribution in [0.4, 0.5) is 0 Å². The number of carbonyl (C=O) groups is 1. The summed E-state index contributed by atoms with van der Waals surface area (Å²) in [5, 5.41) is 0.903. The molecule has 2 atom stereocenters. The molecule has 0 aromatic carbocycles. The molecule has 2 aliphatic rings. The minimum Gasteiger partial charge on any atom is -0.376 e. The maximum atomic E-state index is 13.2. The standard InChI is InChI=1S/C17H21N3O2S/c21-17(15-9-19-16-14(15)4-1-6-18-16)20(12-5-8-23-11-12)10-13-3-2-7-22-13/h1,4,6,9,12-13H,2-3,5,7-8,10-11H2,(H,18,19). The molecule has 6 heteroatoms. The van der Waals surface area contributed by atoms with Gasteiger partial charge in [0.05, 0.1) is 11.7 Å². The van der Waals surface area contributed by atoms with E-state index in [9.17, 15) is 4.79 Å². The fraction of sp³-hybridized carbons (Fsp3) is 0.529. The average molecular weight is 331 g/mol. The zero-order valence-corrected chi connectivity index (χ0v) is 13.8. The first kappa shape index (κ1) is 15.0. The van der Waals surface area contributed by atoms with Gasteiger partial charge in [-0.3, -0.25) is 4.79 Å². The summed E-state index contributed by atoms with van der Waals surface area (Å²) in [6, 6.07) is 4.15. The zero-order valence-electron chi connectivity index (χ0n) is 13.0. The van der Waals surface area contributed by atoms with E-state index in [1.807, 2.05) is 28.8 Å². The number of thioether (sulfide) groups is 1. The number of H-pyrrole nitrogens is 1. The molecule has 122 valence electrons. The van der Waals surface area contributed by atoms with Gasteiger partial charge in [-0.1, -0.05) is 0 Å². The number of pyridine rings is 1. The Morgan fingerprint density at radius 3 is 3.22 bits per heavy atom. The number of hydrogen-bond acceptors (Lipinski definition) is 4. The number of amides is 1. The number of ether oxygens (including phenoxy) is 1. The van der Waals surface area contributed by atoms with Crippen molar-refractivity contribution in [1.29, 1.82) is 0 Å². The van der Waals surface area contributed by atoms with Gasteiger partial charge < -0.3 is 14.6 Å². The summed E-state index contributed by atoms with van der Waals surface area (Å²) in [6.07, 6.45) is 6.95. The smallest absolute Gasteiger partial charge is 0.256 e. The van der Waals surface area contributed by atoms with Crippen LogP contribution in [0.5, 0.6) is 0 Å². The van der Waals surface area contributed by atoms with Crippen molar-refractivity contribution in [3.05, 3.63) is 30.1 Å². The van der Waals surface area contributed by atoms with Crippen molar-refractivity contribution in [2.45, 2.75) is 31.4 Å². The number of nitrogens with zero attached hydrogens (tertiary/aromatic N) is 2. The Hall–Kier alpha value is -1.53. The molecule has 5 nitrogen and oxygen atoms in total. The van der Waals surface area contributed by atoms with Gasteiger partial charge in [0.2, 0.25) is 0 Å². The lowest BCUT2D eigenvalue weighted by atomic mass is 10.1. The molecular formula is C17H21N3O2S. The summed E-state index contributed by atoms with van der Waals surface area (Å²) >= 11 is 1.93. The first-order valence-electron chi connectivity index (χ1n) is 8.25. The zero-order chi connectivity index (χ0) is 15.6. The Bertz CT molecular complexity index is 690. The van der Waals surface area contributed by atoms with Crippen molar-refractivity contribution in [2.75, 3.05) is 24.7 Å². The summed E-state index contributed by atoms with van der Waals surface area (Å²) in [4.78, 5) is 22.7. The maximum Gasteiger partial charge on any atom is 0.256 e. The van der Waals surface area contributed by atoms with Crippen LogP contribution in [-0.2, 0) is 4.74 Å². The van der Waals surface area contributed by atoms with Crippen molar-refractivity contribution in [3.8, 4) is 0 Å². The molecule has 0 aliphatic carbocycles. The lowest BCUT2D eigenvalue weighted by molar-refractivity contribution is 0.0443. The topological polar surface area (TPSA) is 58.2 Å². The molecular weight excluding hydrogens is 310 g/mol. The highest BCUT2D eigenvalue weighted by Gasteiger charge is 2.32. The Kier molecular flexibility index (Phi) is 4.27. The molecule has 1 amide bonds. The van der Waals surface area contributed by atoms with Gasteiger partial charge in [0, 0.05) is 42.7 Å². The lowest BCUT2D eigenvalue weighted by Gasteiger charge is -2.30. The summed E-state index contributed by atoms with van der Waals surface area (Å²) in [5.41, 5.74) is 1.50. The highest BCUT2D eigenvalue weighted by atomic mass is 32.2. The molecule has 0 bridgehead atoms. The van der Waals surface area contributed by atoms with E-state index in [4.69, 9.17) is 4.74 Å². The van der Waals surface area contributed by atoms with Crippen molar-refractivity contribution in [1.82, 2.24) is 14.9 Å². The summed E-state index contributed by atoms with van der Waals surface area (Å²) < 4.78 is 5.78. The predicted molar refractivity (Wildman–Crippen MR) is 91.8 cm³/mol. The molecule has 4 rings (SSSR count). The molecule has 0 saturated carbocycles. The minimum absolute atomic E-state index is 0.104. The van der Waals surface area contributed by atoms with Crippen molar-refractivity contribution >= 4 is 28.7 Å². The largest absolute Gasteiger partial charge is 0.376 e. The third-order valence-corrected chi connectivity index (χ3v) is 5.86. The third-order valence-electron chi connectivity index (χ3n) is 4.71. The van der Waals surface area contributed by atoms with Crippen LogP contribution in [-0.4, -0.2) is 57.6 Å². The molecule has 2 aromatic heterocycles. The van der Waals surface area contributed by atoms with Crippen LogP contribution in [0.3, 0.4) is 0 Å². The third kappa shape index (κ3) is 2.97. The van der Waals surface area contributed by atoms with Crippen molar-refractivity contribution in [2.24, 2.45) is 0 Å². The van der Waals surface area contributed by atoms with Crippen LogP contribution >= 0.6 is 11.8 Å². The molecule has 23 heavy (non-hydrogen) atoms. The van der Waals surface area contributed by atoms with E-state index in [0.717, 1.165) is 54.0 Å². The second kappa shape index (κ2) is 6.53. The molecule has 1 N–H and O–H groups in total. The number of rotatable bonds is 4. The average Bonchev–Trinajstić information content (AvgIpc) is 3.32. The Morgan fingerprint density at radius 1 is 1.48 bits per heavy atom. The summed E-state index contributed by atoms with van der Waals surface area (Å²) in [6.45, 7) is 1.53. The first-order valence-corrected chi connectivity index (χ1v) is 9.41. The number of fused-ring (bicyclic) bond motifs is 1. The van der Waals surface area contributed by atoms with Gasteiger partial charge in [-0.15, -0.1) is 0 Å². The fourth-order valence-corrected chi connectivity index (χ4v) is 4.69. The molecule has 2 aliphatic heterocycles. The van der Waals surface area contributed by atoms with Gasteiger partial charge in [0.25, 0.3) is 5.91 Å². The van der Waals surface area contributed by atoms with E-state index in [-0.39, 0.29) is 12.0 Å². The van der Waals surface area contributed by atoms with Gasteiger partial charge in [0.1, 0.15) is 5.65 Å². The highest BCUT2D eigenvalue weighted by Crippen LogP contribution is 2.27. The van der Waals surface area contributed by atoms with Crippen molar-refractivity contribution in [3.63, 3.8) is 0 Å². The van der Waals surface area contributed by atoms with Crippen LogP contribution < -0.4 is 0 Å². The van der Waals surface area contributed by atoms with Gasteiger partial charge in [0.15, 0.2) is 0 Å². The SMILES string of the molecule is O=C(c1c[nH]c2ncccc12)N(CC1CCCO1)C1CCSC1. The van der Waals surface area contributed by atoms with Gasteiger partial charge in [-0.05, 0) is 37.1 Å². The number of aromatic amines is 1. The summed E-state index contributed by atoms with van der Waals surface area (Å²) in [5.74, 6) is 2.27. The van der Waals surface area contributed by atoms with Crippen LogP contribution in [0.15, 0.2) is 24.5 Å². The molecule has 0 spiro atoms. The normalized spacial score (nSPS) is 24.3. The summed E-state index contributed by atoms with van der Waals surface area (Å²) in [7, 11) is 0. The van der Waals surface area contributed by atoms with Crippen LogP contribution in [0.1, 0.15) is 29.6 Å². The number of nitrogens with one attached hydrogen (secondary N) is 1. The van der Waals surface area contributed by atoms with E-state index >= 15 is 0 Å². The van der Waals surface area contributed by atoms with Gasteiger partial charge >= 0.3 is 0 Å². The van der Waals surface area contributed by atoms with Crippen LogP contribution in [0.25, 0.3) is 11.0 Å². The number of carbonyl (C=O) groups excluding carboxylic acids is 1. The Morgan fingerprint density at radius 2 is 2.43 bits per heavy atom. The molecule has 4 heterocycles. The van der Waals surface area contributed by atoms with Gasteiger partial charge in [-0.2, -0.15) is 11.8 Å². The monoisotopic (exact) mass is 331 g/mol. The first-order chi connectivity index (χ1) is 11.3. The molecule has 0 radical (unpaired) electrons. The van der Waals surface area contributed by atoms with Crippen LogP contribution in [0.2, 0.25) is 0 Å². The van der Waals surface area contributed by atoms with E-state index in [2.05, 4.69) is 9.97 Å². The maximum absolute atomic E-state index is 13.2. The molecule has 2 aromatic rings. The van der Waals surface area contributed by atoms with E-state index in [0.29, 0.717) is 12.6 Å². The van der Waals surface area contributed by atoms with E-state index in [1.165, 1.54) is 0 Å². The second-order valence-corrected chi connectivity index (χ2v) is 7.36. The van der Waals surface area contributed by atoms with E-state index < -0.39 is 0 Å². The predicted octanol–water partition coefficient (Wildman–Crippen LogP) is 2.69. The highest BCUT2D eigenvalue weighted by molar-refractivity contribution is 7.99. The fourth-order valence-electron chi connectivity index (χ4n) is 3.46. The van der Waals surface area contributed by atoms with Gasteiger partial charge in [-0.25, -0.2) is 4.98 Å². The second-order valence-electron chi connectivity index (χ2n) is 6.21. The molecule has 2 saturated heterocycles. The molecule has 2 fully saturated rings. The van der Waals surface area contributed by atoms with E-state index in [1.54, 1.807) is 12.4 Å². The Labute approximate surface area is 139 Å². The quantitative estimate of drug-likeness (QED) is 0.936. The number of hydrogen-bond donors (Lipinski definition) is 1.